The van der Waals surface area contributed by atoms with Gasteiger partial charge in [-0.1, -0.05) is 20.3 Å². The van der Waals surface area contributed by atoms with Crippen molar-refractivity contribution in [1.82, 2.24) is 5.32 Å². The molecule has 0 bridgehead atoms. The number of rotatable bonds is 2. The van der Waals surface area contributed by atoms with E-state index in [4.69, 9.17) is 4.74 Å². The van der Waals surface area contributed by atoms with E-state index < -0.39 is 0 Å². The normalized spacial score (nSPS) is 36.0. The van der Waals surface area contributed by atoms with Gasteiger partial charge in [-0.25, -0.2) is 0 Å². The average Bonchev–Trinajstić information content (AvgIpc) is 2.39. The van der Waals surface area contributed by atoms with Crippen LogP contribution in [0.1, 0.15) is 72.6 Å². The Morgan fingerprint density at radius 1 is 0.944 bits per heavy atom. The molecule has 18 heavy (non-hydrogen) atoms. The molecule has 1 aliphatic carbocycles. The van der Waals surface area contributed by atoms with Gasteiger partial charge in [0.05, 0.1) is 5.60 Å². The van der Waals surface area contributed by atoms with Crippen molar-refractivity contribution in [3.63, 3.8) is 0 Å². The third-order valence-electron chi connectivity index (χ3n) is 4.74. The van der Waals surface area contributed by atoms with E-state index in [-0.39, 0.29) is 5.60 Å². The Labute approximate surface area is 113 Å². The Morgan fingerprint density at radius 3 is 2.44 bits per heavy atom. The van der Waals surface area contributed by atoms with Crippen LogP contribution in [0.15, 0.2) is 0 Å². The minimum Gasteiger partial charge on any atom is -0.375 e. The quantitative estimate of drug-likeness (QED) is 0.754. The van der Waals surface area contributed by atoms with Crippen LogP contribution >= 0.6 is 0 Å². The SMILES string of the molecule is CC1(C)CCCC(NC2CCOC(C)(C)C2)CC1. The van der Waals surface area contributed by atoms with Gasteiger partial charge in [-0.2, -0.15) is 0 Å². The first-order valence-corrected chi connectivity index (χ1v) is 7.76. The summed E-state index contributed by atoms with van der Waals surface area (Å²) in [6.45, 7) is 10.2. The summed E-state index contributed by atoms with van der Waals surface area (Å²) < 4.78 is 5.80. The zero-order chi connectivity index (χ0) is 13.2. The van der Waals surface area contributed by atoms with Crippen molar-refractivity contribution in [3.05, 3.63) is 0 Å². The molecule has 2 unspecified atom stereocenters. The van der Waals surface area contributed by atoms with Crippen molar-refractivity contribution in [2.75, 3.05) is 6.61 Å². The highest BCUT2D eigenvalue weighted by molar-refractivity contribution is 4.87. The third kappa shape index (κ3) is 4.24. The number of ether oxygens (including phenoxy) is 1. The second kappa shape index (κ2) is 5.50. The molecule has 2 aliphatic rings. The predicted octanol–water partition coefficient (Wildman–Crippen LogP) is 3.89. The summed E-state index contributed by atoms with van der Waals surface area (Å²) >= 11 is 0. The van der Waals surface area contributed by atoms with Crippen molar-refractivity contribution >= 4 is 0 Å². The molecule has 0 aromatic rings. The lowest BCUT2D eigenvalue weighted by atomic mass is 9.85. The maximum absolute atomic E-state index is 5.80. The van der Waals surface area contributed by atoms with Crippen LogP contribution in [0, 0.1) is 5.41 Å². The van der Waals surface area contributed by atoms with E-state index in [9.17, 15) is 0 Å². The largest absolute Gasteiger partial charge is 0.375 e. The Kier molecular flexibility index (Phi) is 4.38. The summed E-state index contributed by atoms with van der Waals surface area (Å²) in [5.74, 6) is 0. The van der Waals surface area contributed by atoms with Gasteiger partial charge in [0.25, 0.3) is 0 Å². The summed E-state index contributed by atoms with van der Waals surface area (Å²) in [6, 6.07) is 1.41. The molecule has 1 heterocycles. The molecule has 1 saturated carbocycles. The first kappa shape index (κ1) is 14.3. The van der Waals surface area contributed by atoms with Crippen molar-refractivity contribution < 1.29 is 4.74 Å². The predicted molar refractivity (Wildman–Crippen MR) is 76.8 cm³/mol. The topological polar surface area (TPSA) is 21.3 Å². The Balaban J connectivity index is 1.82. The van der Waals surface area contributed by atoms with Gasteiger partial charge in [0.2, 0.25) is 0 Å². The van der Waals surface area contributed by atoms with Crippen LogP contribution in [0.5, 0.6) is 0 Å². The minimum absolute atomic E-state index is 0.0694. The number of hydrogen-bond acceptors (Lipinski definition) is 2. The molecular weight excluding hydrogens is 222 g/mol. The number of nitrogens with one attached hydrogen (secondary N) is 1. The first-order chi connectivity index (χ1) is 8.36. The maximum Gasteiger partial charge on any atom is 0.0641 e. The summed E-state index contributed by atoms with van der Waals surface area (Å²) in [7, 11) is 0. The van der Waals surface area contributed by atoms with Crippen molar-refractivity contribution in [2.24, 2.45) is 5.41 Å². The van der Waals surface area contributed by atoms with Crippen molar-refractivity contribution in [2.45, 2.75) is 90.3 Å². The Hall–Kier alpha value is -0.0800. The average molecular weight is 253 g/mol. The lowest BCUT2D eigenvalue weighted by molar-refractivity contribution is -0.0643. The van der Waals surface area contributed by atoms with E-state index in [1.807, 2.05) is 0 Å². The lowest BCUT2D eigenvalue weighted by Gasteiger charge is -2.37. The van der Waals surface area contributed by atoms with Crippen LogP contribution in [-0.4, -0.2) is 24.3 Å². The van der Waals surface area contributed by atoms with Gasteiger partial charge in [0, 0.05) is 18.7 Å². The van der Waals surface area contributed by atoms with E-state index in [1.165, 1.54) is 38.5 Å². The van der Waals surface area contributed by atoms with Gasteiger partial charge in [0.1, 0.15) is 0 Å². The van der Waals surface area contributed by atoms with Crippen LogP contribution in [0.2, 0.25) is 0 Å². The molecule has 0 aromatic carbocycles. The van der Waals surface area contributed by atoms with Gasteiger partial charge >= 0.3 is 0 Å². The molecule has 2 fully saturated rings. The fourth-order valence-corrected chi connectivity index (χ4v) is 3.54. The van der Waals surface area contributed by atoms with E-state index >= 15 is 0 Å². The molecule has 0 spiro atoms. The highest BCUT2D eigenvalue weighted by Gasteiger charge is 2.31. The summed E-state index contributed by atoms with van der Waals surface area (Å²) in [5, 5.41) is 3.91. The van der Waals surface area contributed by atoms with E-state index in [0.29, 0.717) is 11.5 Å². The molecular formula is C16H31NO. The van der Waals surface area contributed by atoms with Crippen LogP contribution in [-0.2, 0) is 4.74 Å². The van der Waals surface area contributed by atoms with Crippen LogP contribution < -0.4 is 5.32 Å². The molecule has 2 rings (SSSR count). The Bertz CT molecular complexity index is 272. The molecule has 2 nitrogen and oxygen atoms in total. The molecule has 2 atom stereocenters. The summed E-state index contributed by atoms with van der Waals surface area (Å²) in [4.78, 5) is 0. The van der Waals surface area contributed by atoms with Crippen molar-refractivity contribution in [1.29, 1.82) is 0 Å². The third-order valence-corrected chi connectivity index (χ3v) is 4.74. The summed E-state index contributed by atoms with van der Waals surface area (Å²) in [6.07, 6.45) is 9.21. The molecule has 0 aromatic heterocycles. The van der Waals surface area contributed by atoms with Crippen LogP contribution in [0.3, 0.4) is 0 Å². The highest BCUT2D eigenvalue weighted by atomic mass is 16.5. The van der Waals surface area contributed by atoms with Gasteiger partial charge in [0.15, 0.2) is 0 Å². The standard InChI is InChI=1S/C16H31NO/c1-15(2)9-5-6-13(7-10-15)17-14-8-11-18-16(3,4)12-14/h13-14,17H,5-12H2,1-4H3. The van der Waals surface area contributed by atoms with Gasteiger partial charge in [-0.05, 0) is 57.8 Å². The second-order valence-electron chi connectivity index (χ2n) is 7.76. The van der Waals surface area contributed by atoms with Crippen LogP contribution in [0.25, 0.3) is 0 Å². The van der Waals surface area contributed by atoms with E-state index in [1.54, 1.807) is 0 Å². The van der Waals surface area contributed by atoms with Gasteiger partial charge in [-0.15, -0.1) is 0 Å². The van der Waals surface area contributed by atoms with E-state index in [0.717, 1.165) is 19.1 Å². The smallest absolute Gasteiger partial charge is 0.0641 e. The molecule has 1 N–H and O–H groups in total. The molecule has 106 valence electrons. The van der Waals surface area contributed by atoms with E-state index in [2.05, 4.69) is 33.0 Å². The maximum atomic E-state index is 5.80. The van der Waals surface area contributed by atoms with Crippen molar-refractivity contribution in [3.8, 4) is 0 Å². The molecule has 0 radical (unpaired) electrons. The second-order valence-corrected chi connectivity index (χ2v) is 7.76. The Morgan fingerprint density at radius 2 is 1.72 bits per heavy atom. The number of hydrogen-bond donors (Lipinski definition) is 1. The summed E-state index contributed by atoms with van der Waals surface area (Å²) in [5.41, 5.74) is 0.630. The molecule has 2 heteroatoms. The molecule has 1 aliphatic heterocycles. The molecule has 1 saturated heterocycles. The van der Waals surface area contributed by atoms with Crippen LogP contribution in [0.4, 0.5) is 0 Å². The minimum atomic E-state index is 0.0694. The molecule has 0 amide bonds. The fraction of sp³-hybridized carbons (Fsp3) is 1.00. The highest BCUT2D eigenvalue weighted by Crippen LogP contribution is 2.34. The monoisotopic (exact) mass is 253 g/mol. The fourth-order valence-electron chi connectivity index (χ4n) is 3.54. The van der Waals surface area contributed by atoms with Gasteiger partial charge < -0.3 is 10.1 Å². The van der Waals surface area contributed by atoms with Gasteiger partial charge in [-0.3, -0.25) is 0 Å². The zero-order valence-electron chi connectivity index (χ0n) is 12.7. The lowest BCUT2D eigenvalue weighted by Crippen LogP contribution is -2.47. The zero-order valence-corrected chi connectivity index (χ0v) is 12.7. The first-order valence-electron chi connectivity index (χ1n) is 7.76.